The van der Waals surface area contributed by atoms with Crippen LogP contribution in [0.4, 0.5) is 0 Å². The summed E-state index contributed by atoms with van der Waals surface area (Å²) in [6, 6.07) is 0. The molecule has 4 heteroatoms. The van der Waals surface area contributed by atoms with Gasteiger partial charge in [0.25, 0.3) is 0 Å². The molecule has 1 spiro atoms. The standard InChI is InChI=1S/C9H12O4/c10-6-1-2-9(7(11)5-6)3-4-13-8(9)12/h6,10H,1-5H2. The number of ether oxygens (including phenoxy) is 1. The van der Waals surface area contributed by atoms with Crippen molar-refractivity contribution in [2.75, 3.05) is 6.61 Å². The van der Waals surface area contributed by atoms with Crippen LogP contribution in [-0.4, -0.2) is 29.6 Å². The molecular formula is C9H12O4. The van der Waals surface area contributed by atoms with Crippen LogP contribution in [0.1, 0.15) is 25.7 Å². The van der Waals surface area contributed by atoms with Gasteiger partial charge in [-0.25, -0.2) is 0 Å². The number of carbonyl (C=O) groups excluding carboxylic acids is 2. The van der Waals surface area contributed by atoms with Crippen molar-refractivity contribution in [2.45, 2.75) is 31.8 Å². The smallest absolute Gasteiger partial charge is 0.319 e. The summed E-state index contributed by atoms with van der Waals surface area (Å²) in [7, 11) is 0. The average Bonchev–Trinajstić information content (AvgIpc) is 2.43. The molecule has 2 rings (SSSR count). The fraction of sp³-hybridized carbons (Fsp3) is 0.778. The van der Waals surface area contributed by atoms with Gasteiger partial charge in [0.2, 0.25) is 0 Å². The molecule has 0 aromatic carbocycles. The van der Waals surface area contributed by atoms with E-state index >= 15 is 0 Å². The van der Waals surface area contributed by atoms with E-state index in [0.29, 0.717) is 25.9 Å². The highest BCUT2D eigenvalue weighted by Gasteiger charge is 2.52. The molecule has 0 aromatic rings. The molecular weight excluding hydrogens is 172 g/mol. The lowest BCUT2D eigenvalue weighted by molar-refractivity contribution is -0.154. The number of ketones is 1. The van der Waals surface area contributed by atoms with Gasteiger partial charge in [0.1, 0.15) is 5.41 Å². The molecule has 2 fully saturated rings. The minimum Gasteiger partial charge on any atom is -0.465 e. The molecule has 1 heterocycles. The van der Waals surface area contributed by atoms with Crippen molar-refractivity contribution in [3.8, 4) is 0 Å². The van der Waals surface area contributed by atoms with Crippen LogP contribution in [0.2, 0.25) is 0 Å². The van der Waals surface area contributed by atoms with Gasteiger partial charge in [-0.15, -0.1) is 0 Å². The topological polar surface area (TPSA) is 63.6 Å². The van der Waals surface area contributed by atoms with Gasteiger partial charge in [-0.3, -0.25) is 9.59 Å². The molecule has 0 radical (unpaired) electrons. The number of rotatable bonds is 0. The summed E-state index contributed by atoms with van der Waals surface area (Å²) >= 11 is 0. The predicted molar refractivity (Wildman–Crippen MR) is 42.9 cm³/mol. The van der Waals surface area contributed by atoms with Gasteiger partial charge in [0, 0.05) is 12.8 Å². The summed E-state index contributed by atoms with van der Waals surface area (Å²) in [6.45, 7) is 0.348. The maximum atomic E-state index is 11.6. The summed E-state index contributed by atoms with van der Waals surface area (Å²) in [4.78, 5) is 22.9. The highest BCUT2D eigenvalue weighted by molar-refractivity contribution is 6.05. The Morgan fingerprint density at radius 3 is 2.69 bits per heavy atom. The quantitative estimate of drug-likeness (QED) is 0.426. The summed E-state index contributed by atoms with van der Waals surface area (Å²) in [5.41, 5.74) is -0.890. The zero-order chi connectivity index (χ0) is 9.47. The third-order valence-electron chi connectivity index (χ3n) is 3.01. The van der Waals surface area contributed by atoms with E-state index in [2.05, 4.69) is 0 Å². The number of Topliss-reactive ketones (excluding diaryl/α,β-unsaturated/α-hetero) is 1. The Morgan fingerprint density at radius 2 is 2.15 bits per heavy atom. The molecule has 0 amide bonds. The minimum atomic E-state index is -0.890. The number of esters is 1. The third-order valence-corrected chi connectivity index (χ3v) is 3.01. The van der Waals surface area contributed by atoms with Gasteiger partial charge >= 0.3 is 5.97 Å². The van der Waals surface area contributed by atoms with Gasteiger partial charge in [-0.1, -0.05) is 0 Å². The first-order valence-corrected chi connectivity index (χ1v) is 4.54. The molecule has 1 saturated carbocycles. The number of hydrogen-bond donors (Lipinski definition) is 1. The Bertz CT molecular complexity index is 260. The van der Waals surface area contributed by atoms with Crippen LogP contribution in [0.3, 0.4) is 0 Å². The van der Waals surface area contributed by atoms with Crippen molar-refractivity contribution in [2.24, 2.45) is 5.41 Å². The second kappa shape index (κ2) is 2.80. The molecule has 1 aliphatic carbocycles. The summed E-state index contributed by atoms with van der Waals surface area (Å²) in [6.07, 6.45) is 1.02. The van der Waals surface area contributed by atoms with Crippen molar-refractivity contribution in [1.82, 2.24) is 0 Å². The van der Waals surface area contributed by atoms with Gasteiger partial charge in [-0.2, -0.15) is 0 Å². The van der Waals surface area contributed by atoms with Gasteiger partial charge in [0.05, 0.1) is 12.7 Å². The molecule has 0 aromatic heterocycles. The lowest BCUT2D eigenvalue weighted by Crippen LogP contribution is -2.42. The number of aliphatic hydroxyl groups is 1. The SMILES string of the molecule is O=C1CC(O)CCC12CCOC2=O. The summed E-state index contributed by atoms with van der Waals surface area (Å²) in [5.74, 6) is -0.529. The van der Waals surface area contributed by atoms with E-state index in [1.807, 2.05) is 0 Å². The van der Waals surface area contributed by atoms with Crippen LogP contribution in [0.15, 0.2) is 0 Å². The number of carbonyl (C=O) groups is 2. The first kappa shape index (κ1) is 8.69. The van der Waals surface area contributed by atoms with Crippen LogP contribution in [-0.2, 0) is 14.3 Å². The molecule has 1 saturated heterocycles. The summed E-state index contributed by atoms with van der Waals surface area (Å²) < 4.78 is 4.81. The normalized spacial score (nSPS) is 39.6. The van der Waals surface area contributed by atoms with Crippen molar-refractivity contribution in [3.05, 3.63) is 0 Å². The highest BCUT2D eigenvalue weighted by atomic mass is 16.5. The van der Waals surface area contributed by atoms with E-state index in [1.54, 1.807) is 0 Å². The van der Waals surface area contributed by atoms with Gasteiger partial charge in [0.15, 0.2) is 5.78 Å². The Labute approximate surface area is 75.9 Å². The molecule has 1 aliphatic heterocycles. The monoisotopic (exact) mass is 184 g/mol. The number of cyclic esters (lactones) is 1. The van der Waals surface area contributed by atoms with E-state index in [0.717, 1.165) is 0 Å². The Kier molecular flexibility index (Phi) is 1.87. The molecule has 13 heavy (non-hydrogen) atoms. The highest BCUT2D eigenvalue weighted by Crippen LogP contribution is 2.41. The minimum absolute atomic E-state index is 0.106. The second-order valence-electron chi connectivity index (χ2n) is 3.79. The van der Waals surface area contributed by atoms with Crippen molar-refractivity contribution >= 4 is 11.8 Å². The zero-order valence-corrected chi connectivity index (χ0v) is 7.28. The predicted octanol–water partition coefficient (Wildman–Crippen LogP) is 0.0336. The van der Waals surface area contributed by atoms with Crippen molar-refractivity contribution in [3.63, 3.8) is 0 Å². The lowest BCUT2D eigenvalue weighted by Gasteiger charge is -2.29. The van der Waals surface area contributed by atoms with Crippen LogP contribution >= 0.6 is 0 Å². The maximum Gasteiger partial charge on any atom is 0.319 e. The van der Waals surface area contributed by atoms with Crippen LogP contribution in [0.25, 0.3) is 0 Å². The Hall–Kier alpha value is -0.900. The van der Waals surface area contributed by atoms with Crippen LogP contribution in [0, 0.1) is 5.41 Å². The molecule has 2 atom stereocenters. The van der Waals surface area contributed by atoms with Crippen molar-refractivity contribution in [1.29, 1.82) is 0 Å². The third kappa shape index (κ3) is 1.16. The van der Waals surface area contributed by atoms with E-state index in [1.165, 1.54) is 0 Å². The fourth-order valence-electron chi connectivity index (χ4n) is 2.10. The first-order chi connectivity index (χ1) is 6.15. The van der Waals surface area contributed by atoms with Crippen LogP contribution < -0.4 is 0 Å². The van der Waals surface area contributed by atoms with E-state index in [-0.39, 0.29) is 18.2 Å². The van der Waals surface area contributed by atoms with Crippen molar-refractivity contribution < 1.29 is 19.4 Å². The molecule has 72 valence electrons. The molecule has 4 nitrogen and oxygen atoms in total. The molecule has 2 unspecified atom stereocenters. The summed E-state index contributed by atoms with van der Waals surface area (Å²) in [5, 5.41) is 9.24. The molecule has 1 N–H and O–H groups in total. The Morgan fingerprint density at radius 1 is 1.38 bits per heavy atom. The van der Waals surface area contributed by atoms with E-state index in [9.17, 15) is 14.7 Å². The average molecular weight is 184 g/mol. The van der Waals surface area contributed by atoms with Gasteiger partial charge < -0.3 is 9.84 Å². The van der Waals surface area contributed by atoms with E-state index < -0.39 is 11.5 Å². The largest absolute Gasteiger partial charge is 0.465 e. The molecule has 0 bridgehead atoms. The van der Waals surface area contributed by atoms with E-state index in [4.69, 9.17) is 4.74 Å². The second-order valence-corrected chi connectivity index (χ2v) is 3.79. The molecule has 2 aliphatic rings. The maximum absolute atomic E-state index is 11.6. The lowest BCUT2D eigenvalue weighted by atomic mass is 9.71. The van der Waals surface area contributed by atoms with Gasteiger partial charge in [-0.05, 0) is 12.8 Å². The Balaban J connectivity index is 2.23. The zero-order valence-electron chi connectivity index (χ0n) is 7.28. The fourth-order valence-corrected chi connectivity index (χ4v) is 2.10. The number of hydrogen-bond acceptors (Lipinski definition) is 4. The first-order valence-electron chi connectivity index (χ1n) is 4.54. The number of aliphatic hydroxyl groups excluding tert-OH is 1. The van der Waals surface area contributed by atoms with Crippen LogP contribution in [0.5, 0.6) is 0 Å².